The van der Waals surface area contributed by atoms with Gasteiger partial charge >= 0.3 is 0 Å². The highest BCUT2D eigenvalue weighted by molar-refractivity contribution is 5.55. The van der Waals surface area contributed by atoms with Crippen molar-refractivity contribution in [3.05, 3.63) is 41.6 Å². The van der Waals surface area contributed by atoms with E-state index < -0.39 is 0 Å². The molecule has 0 unspecified atom stereocenters. The van der Waals surface area contributed by atoms with Crippen LogP contribution in [0.2, 0.25) is 0 Å². The van der Waals surface area contributed by atoms with Gasteiger partial charge in [-0.3, -0.25) is 0 Å². The van der Waals surface area contributed by atoms with E-state index in [1.807, 2.05) is 30.5 Å². The zero-order chi connectivity index (χ0) is 15.9. The highest BCUT2D eigenvalue weighted by atomic mass is 15.1. The maximum Gasteiger partial charge on any atom is 0.229 e. The number of nitrogen functional groups attached to an aromatic ring is 1. The Balaban J connectivity index is 1.92. The summed E-state index contributed by atoms with van der Waals surface area (Å²) in [6.07, 6.45) is 4.99. The van der Waals surface area contributed by atoms with E-state index in [-0.39, 0.29) is 0 Å². The van der Waals surface area contributed by atoms with Crippen molar-refractivity contribution in [2.45, 2.75) is 26.2 Å². The van der Waals surface area contributed by atoms with Crippen LogP contribution in [0.15, 0.2) is 30.5 Å². The second-order valence-corrected chi connectivity index (χ2v) is 5.86. The van der Waals surface area contributed by atoms with E-state index in [4.69, 9.17) is 5.73 Å². The fourth-order valence-corrected chi connectivity index (χ4v) is 2.18. The lowest BCUT2D eigenvalue weighted by Gasteiger charge is -2.10. The van der Waals surface area contributed by atoms with Crippen LogP contribution in [-0.2, 0) is 6.42 Å². The van der Waals surface area contributed by atoms with Crippen molar-refractivity contribution in [3.8, 4) is 0 Å². The van der Waals surface area contributed by atoms with Gasteiger partial charge in [0.05, 0.1) is 0 Å². The molecule has 0 fully saturated rings. The number of aryl methyl sites for hydroxylation is 2. The first-order chi connectivity index (χ1) is 10.5. The SMILES string of the molecule is Cc1ccc(Nc2ncc(CCCCN(C)C)c(N)n2)cc1. The molecule has 22 heavy (non-hydrogen) atoms. The summed E-state index contributed by atoms with van der Waals surface area (Å²) >= 11 is 0. The lowest BCUT2D eigenvalue weighted by atomic mass is 10.1. The van der Waals surface area contributed by atoms with Crippen molar-refractivity contribution in [3.63, 3.8) is 0 Å². The van der Waals surface area contributed by atoms with Crippen molar-refractivity contribution in [2.75, 3.05) is 31.7 Å². The number of nitrogens with one attached hydrogen (secondary N) is 1. The van der Waals surface area contributed by atoms with Crippen molar-refractivity contribution >= 4 is 17.5 Å². The minimum absolute atomic E-state index is 0.540. The molecule has 3 N–H and O–H groups in total. The summed E-state index contributed by atoms with van der Waals surface area (Å²) in [6, 6.07) is 8.10. The Hall–Kier alpha value is -2.14. The van der Waals surface area contributed by atoms with E-state index in [0.29, 0.717) is 11.8 Å². The fraction of sp³-hybridized carbons (Fsp3) is 0.412. The quantitative estimate of drug-likeness (QED) is 0.769. The van der Waals surface area contributed by atoms with Gasteiger partial charge in [0.25, 0.3) is 0 Å². The molecular formula is C17H25N5. The van der Waals surface area contributed by atoms with Crippen LogP contribution in [0.5, 0.6) is 0 Å². The van der Waals surface area contributed by atoms with E-state index in [1.165, 1.54) is 5.56 Å². The summed E-state index contributed by atoms with van der Waals surface area (Å²) in [4.78, 5) is 10.9. The van der Waals surface area contributed by atoms with Crippen molar-refractivity contribution in [1.29, 1.82) is 0 Å². The molecule has 5 heteroatoms. The van der Waals surface area contributed by atoms with E-state index in [9.17, 15) is 0 Å². The lowest BCUT2D eigenvalue weighted by Crippen LogP contribution is -2.13. The summed E-state index contributed by atoms with van der Waals surface area (Å²) in [5.74, 6) is 1.10. The molecule has 0 saturated carbocycles. The highest BCUT2D eigenvalue weighted by Crippen LogP contribution is 2.17. The molecular weight excluding hydrogens is 274 g/mol. The van der Waals surface area contributed by atoms with Gasteiger partial charge in [-0.25, -0.2) is 4.98 Å². The third kappa shape index (κ3) is 5.00. The van der Waals surface area contributed by atoms with Crippen molar-refractivity contribution < 1.29 is 0 Å². The first-order valence-corrected chi connectivity index (χ1v) is 7.64. The van der Waals surface area contributed by atoms with Crippen LogP contribution in [0.1, 0.15) is 24.0 Å². The summed E-state index contributed by atoms with van der Waals surface area (Å²) in [6.45, 7) is 3.15. The van der Waals surface area contributed by atoms with Crippen LogP contribution in [0.25, 0.3) is 0 Å². The molecule has 0 atom stereocenters. The fourth-order valence-electron chi connectivity index (χ4n) is 2.18. The Bertz CT molecular complexity index is 592. The maximum atomic E-state index is 6.04. The molecule has 1 aromatic heterocycles. The average Bonchev–Trinajstić information content (AvgIpc) is 2.47. The Morgan fingerprint density at radius 1 is 1.14 bits per heavy atom. The normalized spacial score (nSPS) is 10.9. The van der Waals surface area contributed by atoms with Gasteiger partial charge in [0, 0.05) is 17.4 Å². The second-order valence-electron chi connectivity index (χ2n) is 5.86. The second kappa shape index (κ2) is 7.75. The summed E-state index contributed by atoms with van der Waals surface area (Å²) in [5, 5.41) is 3.17. The van der Waals surface area contributed by atoms with Gasteiger partial charge in [0.1, 0.15) is 5.82 Å². The molecule has 0 amide bonds. The number of aromatic nitrogens is 2. The number of rotatable bonds is 7. The molecule has 0 saturated heterocycles. The largest absolute Gasteiger partial charge is 0.383 e. The van der Waals surface area contributed by atoms with Crippen LogP contribution < -0.4 is 11.1 Å². The number of hydrogen-bond donors (Lipinski definition) is 2. The van der Waals surface area contributed by atoms with Crippen molar-refractivity contribution in [2.24, 2.45) is 0 Å². The van der Waals surface area contributed by atoms with Gasteiger partial charge in [-0.2, -0.15) is 4.98 Å². The molecule has 118 valence electrons. The summed E-state index contributed by atoms with van der Waals surface area (Å²) in [7, 11) is 4.17. The average molecular weight is 299 g/mol. The number of benzene rings is 1. The molecule has 0 aliphatic heterocycles. The molecule has 5 nitrogen and oxygen atoms in total. The smallest absolute Gasteiger partial charge is 0.229 e. The van der Waals surface area contributed by atoms with E-state index >= 15 is 0 Å². The minimum Gasteiger partial charge on any atom is -0.383 e. The Morgan fingerprint density at radius 3 is 2.50 bits per heavy atom. The van der Waals surface area contributed by atoms with Crippen LogP contribution >= 0.6 is 0 Å². The number of hydrogen-bond acceptors (Lipinski definition) is 5. The molecule has 1 heterocycles. The highest BCUT2D eigenvalue weighted by Gasteiger charge is 2.05. The van der Waals surface area contributed by atoms with Gasteiger partial charge in [0.15, 0.2) is 0 Å². The van der Waals surface area contributed by atoms with Gasteiger partial charge in [-0.1, -0.05) is 17.7 Å². The molecule has 0 bridgehead atoms. The molecule has 1 aromatic carbocycles. The van der Waals surface area contributed by atoms with Gasteiger partial charge in [-0.15, -0.1) is 0 Å². The van der Waals surface area contributed by atoms with Crippen LogP contribution in [-0.4, -0.2) is 35.5 Å². The van der Waals surface area contributed by atoms with Crippen LogP contribution in [0, 0.1) is 6.92 Å². The minimum atomic E-state index is 0.540. The predicted molar refractivity (Wildman–Crippen MR) is 92.4 cm³/mol. The zero-order valence-corrected chi connectivity index (χ0v) is 13.6. The van der Waals surface area contributed by atoms with E-state index in [0.717, 1.165) is 37.1 Å². The first-order valence-electron chi connectivity index (χ1n) is 7.64. The Labute approximate surface area is 132 Å². The molecule has 2 aromatic rings. The van der Waals surface area contributed by atoms with E-state index in [2.05, 4.69) is 41.2 Å². The molecule has 0 aliphatic carbocycles. The van der Waals surface area contributed by atoms with E-state index in [1.54, 1.807) is 0 Å². The van der Waals surface area contributed by atoms with Crippen LogP contribution in [0.3, 0.4) is 0 Å². The Kier molecular flexibility index (Phi) is 5.72. The summed E-state index contributed by atoms with van der Waals surface area (Å²) < 4.78 is 0. The number of nitrogens with zero attached hydrogens (tertiary/aromatic N) is 3. The third-order valence-corrected chi connectivity index (χ3v) is 3.51. The Morgan fingerprint density at radius 2 is 1.86 bits per heavy atom. The van der Waals surface area contributed by atoms with Crippen LogP contribution in [0.4, 0.5) is 17.5 Å². The number of anilines is 3. The van der Waals surface area contributed by atoms with Gasteiger partial charge in [-0.05, 0) is 59.0 Å². The topological polar surface area (TPSA) is 67.1 Å². The molecule has 2 rings (SSSR count). The zero-order valence-electron chi connectivity index (χ0n) is 13.6. The maximum absolute atomic E-state index is 6.04. The first kappa shape index (κ1) is 16.2. The number of unbranched alkanes of at least 4 members (excludes halogenated alkanes) is 1. The molecule has 0 radical (unpaired) electrons. The monoisotopic (exact) mass is 299 g/mol. The lowest BCUT2D eigenvalue weighted by molar-refractivity contribution is 0.394. The number of nitrogens with two attached hydrogens (primary N) is 1. The predicted octanol–water partition coefficient (Wildman–Crippen LogP) is 3.00. The summed E-state index contributed by atoms with van der Waals surface area (Å²) in [5.41, 5.74) is 9.24. The van der Waals surface area contributed by atoms with Crippen molar-refractivity contribution in [1.82, 2.24) is 14.9 Å². The standard InChI is InChI=1S/C17H25N5/c1-13-7-9-15(10-8-13)20-17-19-12-14(16(18)21-17)6-4-5-11-22(2)3/h7-10,12H,4-6,11H2,1-3H3,(H3,18,19,20,21). The molecule has 0 aliphatic rings. The third-order valence-electron chi connectivity index (χ3n) is 3.51. The van der Waals surface area contributed by atoms with Gasteiger partial charge < -0.3 is 16.0 Å². The molecule has 0 spiro atoms. The van der Waals surface area contributed by atoms with Gasteiger partial charge in [0.2, 0.25) is 5.95 Å².